The van der Waals surface area contributed by atoms with Crippen molar-refractivity contribution in [2.45, 2.75) is 48.9 Å². The quantitative estimate of drug-likeness (QED) is 0.184. The molecule has 2 aliphatic carbocycles. The Bertz CT molecular complexity index is 1700. The van der Waals surface area contributed by atoms with Crippen LogP contribution >= 0.6 is 17.2 Å². The first-order chi connectivity index (χ1) is 19.0. The van der Waals surface area contributed by atoms with E-state index in [4.69, 9.17) is 17.2 Å². The van der Waals surface area contributed by atoms with Crippen molar-refractivity contribution in [3.63, 3.8) is 0 Å². The molecule has 0 heterocycles. The van der Waals surface area contributed by atoms with Crippen LogP contribution in [0.3, 0.4) is 0 Å². The molecule has 40 heavy (non-hydrogen) atoms. The molecule has 3 heteroatoms. The Kier molecular flexibility index (Phi) is 6.89. The second kappa shape index (κ2) is 9.90. The maximum atomic E-state index is 8.15. The molecular formula is C37H36Cl2Hf. The summed E-state index contributed by atoms with van der Waals surface area (Å²) >= 11 is -4.93. The zero-order valence-corrected chi connectivity index (χ0v) is 29.3. The van der Waals surface area contributed by atoms with Gasteiger partial charge in [0.05, 0.1) is 0 Å². The summed E-state index contributed by atoms with van der Waals surface area (Å²) in [6.45, 7) is 13.1. The number of hydrogen-bond donors (Lipinski definition) is 0. The summed E-state index contributed by atoms with van der Waals surface area (Å²) in [7, 11) is 16.3. The third-order valence-electron chi connectivity index (χ3n) is 9.75. The number of aryl methyl sites for hydroxylation is 2. The first-order valence-electron chi connectivity index (χ1n) is 14.2. The maximum absolute atomic E-state index is 8.15. The predicted octanol–water partition coefficient (Wildman–Crippen LogP) is 11.3. The van der Waals surface area contributed by atoms with Crippen molar-refractivity contribution in [3.05, 3.63) is 129 Å². The fraction of sp³-hybridized carbons (Fsp3) is 0.216. The van der Waals surface area contributed by atoms with Gasteiger partial charge in [0.25, 0.3) is 0 Å². The fourth-order valence-electron chi connectivity index (χ4n) is 6.97. The SMILES string of the molecule is C[C](C)=[Hf]([Cl])([Cl])([CH]1C=Cc2c(-c3cccc(C)c3C)cccc21)[CH]1C=Cc2c(-c3cccc(C)c3C)cccc21. The molecule has 0 radical (unpaired) electrons. The Morgan fingerprint density at radius 2 is 0.925 bits per heavy atom. The molecule has 0 saturated carbocycles. The third kappa shape index (κ3) is 3.99. The Hall–Kier alpha value is -2.32. The van der Waals surface area contributed by atoms with Crippen molar-refractivity contribution >= 4 is 32.6 Å². The average molecular weight is 730 g/mol. The summed E-state index contributed by atoms with van der Waals surface area (Å²) in [4.78, 5) is 0. The fourth-order valence-corrected chi connectivity index (χ4v) is 28.2. The Morgan fingerprint density at radius 3 is 1.32 bits per heavy atom. The second-order valence-corrected chi connectivity index (χ2v) is 43.2. The molecule has 4 aromatic rings. The molecule has 0 amide bonds. The summed E-state index contributed by atoms with van der Waals surface area (Å²) in [5.74, 6) is 0. The van der Waals surface area contributed by atoms with Crippen LogP contribution in [0, 0.1) is 27.7 Å². The van der Waals surface area contributed by atoms with E-state index < -0.39 is 15.7 Å². The number of fused-ring (bicyclic) bond motifs is 2. The zero-order chi connectivity index (χ0) is 28.4. The van der Waals surface area contributed by atoms with Gasteiger partial charge in [-0.25, -0.2) is 0 Å². The number of halogens is 2. The van der Waals surface area contributed by atoms with Gasteiger partial charge in [-0.2, -0.15) is 0 Å². The van der Waals surface area contributed by atoms with E-state index in [1.165, 1.54) is 70.0 Å². The Labute approximate surface area is 247 Å². The van der Waals surface area contributed by atoms with Crippen LogP contribution in [0.15, 0.2) is 84.9 Å². The first kappa shape index (κ1) is 27.8. The van der Waals surface area contributed by atoms with Crippen molar-refractivity contribution in [1.29, 1.82) is 0 Å². The molecule has 2 unspecified atom stereocenters. The molecule has 0 fully saturated rings. The summed E-state index contributed by atoms with van der Waals surface area (Å²) in [6, 6.07) is 26.5. The molecule has 0 nitrogen and oxygen atoms in total. The van der Waals surface area contributed by atoms with Gasteiger partial charge >= 0.3 is 249 Å². The van der Waals surface area contributed by atoms with Gasteiger partial charge in [0.1, 0.15) is 0 Å². The van der Waals surface area contributed by atoms with Crippen LogP contribution in [0.25, 0.3) is 34.4 Å². The normalized spacial score (nSPS) is 17.7. The van der Waals surface area contributed by atoms with Gasteiger partial charge < -0.3 is 0 Å². The van der Waals surface area contributed by atoms with E-state index in [0.717, 1.165) is 0 Å². The van der Waals surface area contributed by atoms with Crippen LogP contribution in [-0.2, 0) is 15.7 Å². The number of hydrogen-bond acceptors (Lipinski definition) is 0. The summed E-state index contributed by atoms with van der Waals surface area (Å²) in [5.41, 5.74) is 15.4. The molecular weight excluding hydrogens is 694 g/mol. The standard InChI is InChI=1S/2C17H15.C3H6.2ClH.Hf/c2*1-12-6-3-9-15(13(12)2)17-11-5-8-14-7-4-10-16(14)17;1-3-2;;;/h2*3-11H,1-2H3;1-2H3;2*1H;/q;;;;;+2/p-2. The molecule has 0 N–H and O–H groups in total. The van der Waals surface area contributed by atoms with E-state index in [9.17, 15) is 0 Å². The second-order valence-electron chi connectivity index (χ2n) is 11.9. The summed E-state index contributed by atoms with van der Waals surface area (Å²) in [5, 5.41) is 0. The van der Waals surface area contributed by atoms with Crippen molar-refractivity contribution < 1.29 is 15.7 Å². The van der Waals surface area contributed by atoms with Crippen LogP contribution in [0.5, 0.6) is 0 Å². The third-order valence-corrected chi connectivity index (χ3v) is 42.3. The summed E-state index contributed by atoms with van der Waals surface area (Å²) < 4.78 is 1.23. The molecule has 2 atom stereocenters. The van der Waals surface area contributed by atoms with E-state index in [1.807, 2.05) is 0 Å². The van der Waals surface area contributed by atoms with Gasteiger partial charge in [-0.15, -0.1) is 0 Å². The minimum absolute atomic E-state index is 0.00959. The van der Waals surface area contributed by atoms with Gasteiger partial charge in [-0.05, 0) is 0 Å². The molecule has 0 bridgehead atoms. The van der Waals surface area contributed by atoms with Crippen LogP contribution in [0.2, 0.25) is 0 Å². The monoisotopic (exact) mass is 730 g/mol. The van der Waals surface area contributed by atoms with Crippen molar-refractivity contribution in [2.75, 3.05) is 0 Å². The predicted molar refractivity (Wildman–Crippen MR) is 174 cm³/mol. The van der Waals surface area contributed by atoms with Crippen molar-refractivity contribution in [3.8, 4) is 22.3 Å². The topological polar surface area (TPSA) is 0 Å². The van der Waals surface area contributed by atoms with Crippen LogP contribution in [0.4, 0.5) is 0 Å². The van der Waals surface area contributed by atoms with Crippen LogP contribution in [-0.4, -0.2) is 3.26 Å². The van der Waals surface area contributed by atoms with Gasteiger partial charge in [-0.3, -0.25) is 0 Å². The minimum atomic E-state index is -4.93. The molecule has 2 aliphatic rings. The molecule has 0 aromatic heterocycles. The summed E-state index contributed by atoms with van der Waals surface area (Å²) in [6.07, 6.45) is 9.21. The Morgan fingerprint density at radius 1 is 0.550 bits per heavy atom. The van der Waals surface area contributed by atoms with E-state index in [2.05, 4.69) is 139 Å². The Balaban J connectivity index is 1.52. The molecule has 0 spiro atoms. The van der Waals surface area contributed by atoms with Crippen LogP contribution < -0.4 is 0 Å². The van der Waals surface area contributed by atoms with E-state index in [1.54, 1.807) is 0 Å². The molecule has 6 rings (SSSR count). The van der Waals surface area contributed by atoms with E-state index >= 15 is 0 Å². The number of benzene rings is 4. The van der Waals surface area contributed by atoms with Gasteiger partial charge in [0.15, 0.2) is 0 Å². The average Bonchev–Trinajstić information content (AvgIpc) is 3.58. The zero-order valence-electron chi connectivity index (χ0n) is 24.1. The first-order valence-corrected chi connectivity index (χ1v) is 29.0. The van der Waals surface area contributed by atoms with Crippen LogP contribution in [0.1, 0.15) is 65.7 Å². The number of rotatable bonds is 4. The molecule has 0 saturated heterocycles. The van der Waals surface area contributed by atoms with Gasteiger partial charge in [0.2, 0.25) is 0 Å². The van der Waals surface area contributed by atoms with E-state index in [-0.39, 0.29) is 7.35 Å². The van der Waals surface area contributed by atoms with Gasteiger partial charge in [0, 0.05) is 0 Å². The molecule has 202 valence electrons. The molecule has 0 aliphatic heterocycles. The van der Waals surface area contributed by atoms with E-state index in [0.29, 0.717) is 0 Å². The number of allylic oxidation sites excluding steroid dienone is 2. The van der Waals surface area contributed by atoms with Crippen molar-refractivity contribution in [1.82, 2.24) is 0 Å². The van der Waals surface area contributed by atoms with Gasteiger partial charge in [-0.1, -0.05) is 0 Å². The van der Waals surface area contributed by atoms with Crippen molar-refractivity contribution in [2.24, 2.45) is 0 Å². The molecule has 4 aromatic carbocycles.